The molecule has 0 radical (unpaired) electrons. The average molecular weight is 336 g/mol. The van der Waals surface area contributed by atoms with E-state index in [1.54, 1.807) is 0 Å². The summed E-state index contributed by atoms with van der Waals surface area (Å²) in [7, 11) is 0. The second kappa shape index (κ2) is 6.50. The van der Waals surface area contributed by atoms with Gasteiger partial charge in [0.1, 0.15) is 0 Å². The zero-order valence-corrected chi connectivity index (χ0v) is 12.9. The predicted octanol–water partition coefficient (Wildman–Crippen LogP) is 3.43. The zero-order chi connectivity index (χ0) is 13.8. The van der Waals surface area contributed by atoms with Gasteiger partial charge in [0, 0.05) is 16.5 Å². The molecule has 1 aromatic carbocycles. The minimum atomic E-state index is 0.665. The molecule has 0 atom stereocenters. The minimum absolute atomic E-state index is 0.665. The summed E-state index contributed by atoms with van der Waals surface area (Å²) in [5, 5.41) is 7.47. The van der Waals surface area contributed by atoms with Gasteiger partial charge in [0.25, 0.3) is 0 Å². The largest absolute Gasteiger partial charge is 0.339 e. The van der Waals surface area contributed by atoms with Gasteiger partial charge in [-0.3, -0.25) is 0 Å². The molecule has 2 heterocycles. The Labute approximate surface area is 127 Å². The van der Waals surface area contributed by atoms with Crippen LogP contribution in [0.1, 0.15) is 25.2 Å². The lowest BCUT2D eigenvalue weighted by Gasteiger charge is -2.21. The maximum Gasteiger partial charge on any atom is 0.226 e. The Morgan fingerprint density at radius 1 is 1.25 bits per heavy atom. The number of hydrogen-bond donors (Lipinski definition) is 1. The van der Waals surface area contributed by atoms with Crippen LogP contribution in [0, 0.1) is 5.92 Å². The van der Waals surface area contributed by atoms with E-state index < -0.39 is 0 Å². The second-order valence-corrected chi connectivity index (χ2v) is 6.08. The van der Waals surface area contributed by atoms with Crippen molar-refractivity contribution in [1.82, 2.24) is 15.5 Å². The van der Waals surface area contributed by atoms with Crippen molar-refractivity contribution in [3.63, 3.8) is 0 Å². The molecule has 0 aliphatic carbocycles. The Bertz CT molecular complexity index is 564. The molecular weight excluding hydrogens is 318 g/mol. The van der Waals surface area contributed by atoms with Gasteiger partial charge >= 0.3 is 0 Å². The van der Waals surface area contributed by atoms with E-state index in [4.69, 9.17) is 4.52 Å². The number of hydrogen-bond acceptors (Lipinski definition) is 4. The van der Waals surface area contributed by atoms with Gasteiger partial charge in [-0.15, -0.1) is 0 Å². The Morgan fingerprint density at radius 3 is 2.85 bits per heavy atom. The smallest absolute Gasteiger partial charge is 0.226 e. The number of rotatable bonds is 4. The fraction of sp³-hybridized carbons (Fsp3) is 0.467. The van der Waals surface area contributed by atoms with E-state index in [9.17, 15) is 0 Å². The number of nitrogens with one attached hydrogen (secondary N) is 1. The molecule has 0 bridgehead atoms. The summed E-state index contributed by atoms with van der Waals surface area (Å²) in [6, 6.07) is 7.93. The molecule has 0 saturated carbocycles. The Balaban J connectivity index is 1.63. The molecular formula is C15H18BrN3O. The van der Waals surface area contributed by atoms with Gasteiger partial charge in [-0.2, -0.15) is 4.98 Å². The quantitative estimate of drug-likeness (QED) is 0.929. The lowest BCUT2D eigenvalue weighted by Crippen LogP contribution is -2.27. The molecule has 1 aliphatic rings. The van der Waals surface area contributed by atoms with E-state index >= 15 is 0 Å². The highest BCUT2D eigenvalue weighted by Crippen LogP contribution is 2.26. The Kier molecular flexibility index (Phi) is 4.47. The standard InChI is InChI=1S/C15H18BrN3O/c16-13-4-2-1-3-12(13)15-18-14(20-19-15)6-5-11-7-9-17-10-8-11/h1-4,11,17H,5-10H2. The highest BCUT2D eigenvalue weighted by Gasteiger charge is 2.16. The number of nitrogens with zero attached hydrogens (tertiary/aromatic N) is 2. The van der Waals surface area contributed by atoms with Crippen LogP contribution in [0.15, 0.2) is 33.3 Å². The molecule has 1 fully saturated rings. The van der Waals surface area contributed by atoms with E-state index in [1.807, 2.05) is 24.3 Å². The lowest BCUT2D eigenvalue weighted by atomic mass is 9.93. The van der Waals surface area contributed by atoms with Crippen LogP contribution >= 0.6 is 15.9 Å². The van der Waals surface area contributed by atoms with Gasteiger partial charge in [0.2, 0.25) is 11.7 Å². The fourth-order valence-corrected chi connectivity index (χ4v) is 3.07. The van der Waals surface area contributed by atoms with Crippen molar-refractivity contribution in [1.29, 1.82) is 0 Å². The van der Waals surface area contributed by atoms with Gasteiger partial charge in [0.05, 0.1) is 0 Å². The first kappa shape index (κ1) is 13.8. The maximum atomic E-state index is 5.37. The number of aromatic nitrogens is 2. The molecule has 1 N–H and O–H groups in total. The zero-order valence-electron chi connectivity index (χ0n) is 11.3. The van der Waals surface area contributed by atoms with Gasteiger partial charge < -0.3 is 9.84 Å². The third-order valence-corrected chi connectivity index (χ3v) is 4.50. The van der Waals surface area contributed by atoms with Crippen LogP contribution in [0.4, 0.5) is 0 Å². The first-order valence-electron chi connectivity index (χ1n) is 7.11. The molecule has 0 unspecified atom stereocenters. The fourth-order valence-electron chi connectivity index (χ4n) is 2.61. The predicted molar refractivity (Wildman–Crippen MR) is 81.3 cm³/mol. The van der Waals surface area contributed by atoms with Crippen LogP contribution < -0.4 is 5.32 Å². The van der Waals surface area contributed by atoms with Crippen LogP contribution in [0.3, 0.4) is 0 Å². The van der Waals surface area contributed by atoms with Gasteiger partial charge in [-0.25, -0.2) is 0 Å². The Morgan fingerprint density at radius 2 is 2.05 bits per heavy atom. The van der Waals surface area contributed by atoms with Crippen molar-refractivity contribution in [3.05, 3.63) is 34.6 Å². The van der Waals surface area contributed by atoms with E-state index in [2.05, 4.69) is 31.4 Å². The van der Waals surface area contributed by atoms with Crippen LogP contribution in [0.5, 0.6) is 0 Å². The van der Waals surface area contributed by atoms with Crippen LogP contribution in [-0.2, 0) is 6.42 Å². The highest BCUT2D eigenvalue weighted by molar-refractivity contribution is 9.10. The summed E-state index contributed by atoms with van der Waals surface area (Å²) in [6.07, 6.45) is 4.53. The molecule has 0 amide bonds. The Hall–Kier alpha value is -1.20. The van der Waals surface area contributed by atoms with E-state index in [0.29, 0.717) is 5.82 Å². The van der Waals surface area contributed by atoms with E-state index in [0.717, 1.165) is 47.8 Å². The third-order valence-electron chi connectivity index (χ3n) is 3.81. The summed E-state index contributed by atoms with van der Waals surface area (Å²) in [5.41, 5.74) is 0.976. The van der Waals surface area contributed by atoms with Crippen molar-refractivity contribution >= 4 is 15.9 Å². The van der Waals surface area contributed by atoms with Gasteiger partial charge in [-0.1, -0.05) is 33.2 Å². The molecule has 4 nitrogen and oxygen atoms in total. The molecule has 2 aromatic rings. The first-order chi connectivity index (χ1) is 9.83. The summed E-state index contributed by atoms with van der Waals surface area (Å²) >= 11 is 3.52. The van der Waals surface area contributed by atoms with Crippen molar-refractivity contribution < 1.29 is 4.52 Å². The summed E-state index contributed by atoms with van der Waals surface area (Å²) in [5.74, 6) is 2.20. The van der Waals surface area contributed by atoms with E-state index in [1.165, 1.54) is 12.8 Å². The maximum absolute atomic E-state index is 5.37. The number of benzene rings is 1. The number of piperidine rings is 1. The summed E-state index contributed by atoms with van der Waals surface area (Å²) in [4.78, 5) is 4.50. The molecule has 1 saturated heterocycles. The summed E-state index contributed by atoms with van der Waals surface area (Å²) in [6.45, 7) is 2.27. The monoisotopic (exact) mass is 335 g/mol. The lowest BCUT2D eigenvalue weighted by molar-refractivity contribution is 0.324. The molecule has 5 heteroatoms. The topological polar surface area (TPSA) is 51.0 Å². The number of aryl methyl sites for hydroxylation is 1. The number of halogens is 1. The second-order valence-electron chi connectivity index (χ2n) is 5.22. The van der Waals surface area contributed by atoms with Crippen LogP contribution in [0.2, 0.25) is 0 Å². The average Bonchev–Trinajstić information content (AvgIpc) is 2.95. The normalized spacial score (nSPS) is 16.4. The SMILES string of the molecule is Brc1ccccc1-c1noc(CCC2CCNCC2)n1. The van der Waals surface area contributed by atoms with Crippen LogP contribution in [-0.4, -0.2) is 23.2 Å². The van der Waals surface area contributed by atoms with Crippen LogP contribution in [0.25, 0.3) is 11.4 Å². The van der Waals surface area contributed by atoms with Gasteiger partial charge in [0.15, 0.2) is 0 Å². The molecule has 0 spiro atoms. The molecule has 3 rings (SSSR count). The van der Waals surface area contributed by atoms with Crippen molar-refractivity contribution in [2.24, 2.45) is 5.92 Å². The molecule has 20 heavy (non-hydrogen) atoms. The highest BCUT2D eigenvalue weighted by atomic mass is 79.9. The molecule has 106 valence electrons. The minimum Gasteiger partial charge on any atom is -0.339 e. The van der Waals surface area contributed by atoms with Crippen molar-refractivity contribution in [2.45, 2.75) is 25.7 Å². The molecule has 1 aliphatic heterocycles. The van der Waals surface area contributed by atoms with Crippen molar-refractivity contribution in [2.75, 3.05) is 13.1 Å². The molecule has 1 aromatic heterocycles. The third kappa shape index (κ3) is 3.27. The summed E-state index contributed by atoms with van der Waals surface area (Å²) < 4.78 is 6.36. The van der Waals surface area contributed by atoms with Gasteiger partial charge in [-0.05, 0) is 50.4 Å². The van der Waals surface area contributed by atoms with Crippen molar-refractivity contribution in [3.8, 4) is 11.4 Å². The van der Waals surface area contributed by atoms with E-state index in [-0.39, 0.29) is 0 Å². The first-order valence-corrected chi connectivity index (χ1v) is 7.90.